The lowest BCUT2D eigenvalue weighted by atomic mass is 10.2. The molecule has 1 atom stereocenters. The molecule has 1 amide bonds. The predicted octanol–water partition coefficient (Wildman–Crippen LogP) is 2.11. The van der Waals surface area contributed by atoms with Gasteiger partial charge in [0.05, 0.1) is 6.10 Å². The van der Waals surface area contributed by atoms with Crippen LogP contribution < -0.4 is 0 Å². The highest BCUT2D eigenvalue weighted by atomic mass is 16.6. The minimum Gasteiger partial charge on any atom is -0.461 e. The Bertz CT molecular complexity index is 354. The third-order valence-electron chi connectivity index (χ3n) is 2.18. The maximum atomic E-state index is 11.9. The van der Waals surface area contributed by atoms with E-state index in [0.717, 1.165) is 0 Å². The molecule has 1 heterocycles. The number of hydrogen-bond donors (Lipinski definition) is 0. The van der Waals surface area contributed by atoms with E-state index in [1.807, 2.05) is 0 Å². The first-order chi connectivity index (χ1) is 8.20. The minimum absolute atomic E-state index is 0.202. The molecule has 1 aliphatic rings. The second-order valence-corrected chi connectivity index (χ2v) is 5.49. The molecule has 18 heavy (non-hydrogen) atoms. The Morgan fingerprint density at radius 3 is 2.44 bits per heavy atom. The first-order valence-corrected chi connectivity index (χ1v) is 6.07. The van der Waals surface area contributed by atoms with Crippen molar-refractivity contribution >= 4 is 12.1 Å². The van der Waals surface area contributed by atoms with E-state index in [1.54, 1.807) is 46.8 Å². The maximum Gasteiger partial charge on any atom is 0.411 e. The Morgan fingerprint density at radius 2 is 1.94 bits per heavy atom. The lowest BCUT2D eigenvalue weighted by Gasteiger charge is -2.27. The van der Waals surface area contributed by atoms with Gasteiger partial charge in [-0.1, -0.05) is 12.2 Å². The Labute approximate surface area is 108 Å². The van der Waals surface area contributed by atoms with Gasteiger partial charge in [-0.15, -0.1) is 0 Å². The zero-order valence-corrected chi connectivity index (χ0v) is 11.6. The number of hydrogen-bond acceptors (Lipinski definition) is 4. The molecule has 0 aromatic heterocycles. The van der Waals surface area contributed by atoms with Crippen LogP contribution in [0.5, 0.6) is 0 Å². The van der Waals surface area contributed by atoms with E-state index in [4.69, 9.17) is 9.47 Å². The summed E-state index contributed by atoms with van der Waals surface area (Å²) in [5.74, 6) is -0.426. The number of esters is 1. The van der Waals surface area contributed by atoms with Crippen LogP contribution in [0, 0.1) is 0 Å². The van der Waals surface area contributed by atoms with Gasteiger partial charge in [-0.25, -0.2) is 9.59 Å². The van der Waals surface area contributed by atoms with Gasteiger partial charge in [0.15, 0.2) is 6.04 Å². The van der Waals surface area contributed by atoms with Crippen molar-refractivity contribution in [3.05, 3.63) is 12.2 Å². The Morgan fingerprint density at radius 1 is 1.33 bits per heavy atom. The minimum atomic E-state index is -0.678. The normalized spacial score (nSPS) is 19.2. The summed E-state index contributed by atoms with van der Waals surface area (Å²) in [7, 11) is 0. The van der Waals surface area contributed by atoms with Crippen LogP contribution >= 0.6 is 0 Å². The largest absolute Gasteiger partial charge is 0.461 e. The third-order valence-corrected chi connectivity index (χ3v) is 2.18. The molecular formula is C13H21NO4. The number of nitrogens with zero attached hydrogens (tertiary/aromatic N) is 1. The molecule has 1 aliphatic heterocycles. The van der Waals surface area contributed by atoms with Crippen molar-refractivity contribution in [2.75, 3.05) is 6.54 Å². The second-order valence-electron chi connectivity index (χ2n) is 5.49. The molecule has 1 unspecified atom stereocenters. The van der Waals surface area contributed by atoms with E-state index >= 15 is 0 Å². The summed E-state index contributed by atoms with van der Waals surface area (Å²) >= 11 is 0. The van der Waals surface area contributed by atoms with Gasteiger partial charge in [0.1, 0.15) is 5.60 Å². The number of carbonyl (C=O) groups is 2. The number of carbonyl (C=O) groups excluding carboxylic acids is 2. The maximum absolute atomic E-state index is 11.9. The smallest absolute Gasteiger partial charge is 0.411 e. The van der Waals surface area contributed by atoms with Gasteiger partial charge < -0.3 is 9.47 Å². The van der Waals surface area contributed by atoms with Crippen molar-refractivity contribution in [1.82, 2.24) is 4.90 Å². The Kier molecular flexibility index (Phi) is 4.38. The van der Waals surface area contributed by atoms with Crippen LogP contribution in [0.1, 0.15) is 34.6 Å². The van der Waals surface area contributed by atoms with Gasteiger partial charge in [-0.2, -0.15) is 0 Å². The quantitative estimate of drug-likeness (QED) is 0.560. The zero-order chi connectivity index (χ0) is 13.9. The summed E-state index contributed by atoms with van der Waals surface area (Å²) in [6.45, 7) is 9.27. The van der Waals surface area contributed by atoms with Gasteiger partial charge in [-0.05, 0) is 34.6 Å². The Hall–Kier alpha value is -1.52. The number of ether oxygens (including phenoxy) is 2. The predicted molar refractivity (Wildman–Crippen MR) is 67.1 cm³/mol. The summed E-state index contributed by atoms with van der Waals surface area (Å²) in [5.41, 5.74) is -0.577. The summed E-state index contributed by atoms with van der Waals surface area (Å²) in [5, 5.41) is 0. The standard InChI is InChI=1S/C13H21NO4/c1-9(2)17-11(15)10-7-6-8-14(10)12(16)18-13(3,4)5/h6-7,9-10H,8H2,1-5H3. The molecule has 0 radical (unpaired) electrons. The Balaban J connectivity index is 2.66. The molecule has 5 nitrogen and oxygen atoms in total. The molecule has 0 saturated heterocycles. The third kappa shape index (κ3) is 4.05. The van der Waals surface area contributed by atoms with E-state index in [9.17, 15) is 9.59 Å². The highest BCUT2D eigenvalue weighted by Gasteiger charge is 2.34. The number of amides is 1. The summed E-state index contributed by atoms with van der Waals surface area (Å²) < 4.78 is 10.4. The van der Waals surface area contributed by atoms with Crippen LogP contribution in [-0.4, -0.2) is 41.3 Å². The molecule has 0 N–H and O–H groups in total. The van der Waals surface area contributed by atoms with Crippen molar-refractivity contribution in [1.29, 1.82) is 0 Å². The van der Waals surface area contributed by atoms with E-state index < -0.39 is 23.7 Å². The van der Waals surface area contributed by atoms with E-state index in [1.165, 1.54) is 4.90 Å². The molecule has 1 rings (SSSR count). The molecule has 0 fully saturated rings. The monoisotopic (exact) mass is 255 g/mol. The second kappa shape index (κ2) is 5.42. The molecule has 0 aromatic rings. The van der Waals surface area contributed by atoms with Gasteiger partial charge in [-0.3, -0.25) is 4.90 Å². The topological polar surface area (TPSA) is 55.8 Å². The van der Waals surface area contributed by atoms with Gasteiger partial charge >= 0.3 is 12.1 Å². The SMILES string of the molecule is CC(C)OC(=O)C1C=CCN1C(=O)OC(C)(C)C. The first kappa shape index (κ1) is 14.5. The van der Waals surface area contributed by atoms with Crippen LogP contribution in [-0.2, 0) is 14.3 Å². The van der Waals surface area contributed by atoms with Crippen LogP contribution in [0.25, 0.3) is 0 Å². The molecule has 5 heteroatoms. The molecule has 0 aromatic carbocycles. The first-order valence-electron chi connectivity index (χ1n) is 6.07. The van der Waals surface area contributed by atoms with Crippen LogP contribution in [0.3, 0.4) is 0 Å². The van der Waals surface area contributed by atoms with Crippen LogP contribution in [0.4, 0.5) is 4.79 Å². The molecular weight excluding hydrogens is 234 g/mol. The lowest BCUT2D eigenvalue weighted by Crippen LogP contribution is -2.44. The van der Waals surface area contributed by atoms with Gasteiger partial charge in [0.2, 0.25) is 0 Å². The van der Waals surface area contributed by atoms with Gasteiger partial charge in [0, 0.05) is 6.54 Å². The zero-order valence-electron chi connectivity index (χ0n) is 11.6. The van der Waals surface area contributed by atoms with Crippen molar-refractivity contribution < 1.29 is 19.1 Å². The van der Waals surface area contributed by atoms with Crippen molar-refractivity contribution in [3.8, 4) is 0 Å². The van der Waals surface area contributed by atoms with E-state index in [-0.39, 0.29) is 6.10 Å². The molecule has 0 spiro atoms. The van der Waals surface area contributed by atoms with Gasteiger partial charge in [0.25, 0.3) is 0 Å². The highest BCUT2D eigenvalue weighted by Crippen LogP contribution is 2.17. The van der Waals surface area contributed by atoms with Crippen LogP contribution in [0.2, 0.25) is 0 Å². The van der Waals surface area contributed by atoms with Crippen molar-refractivity contribution in [3.63, 3.8) is 0 Å². The molecule has 0 aliphatic carbocycles. The van der Waals surface area contributed by atoms with Crippen LogP contribution in [0.15, 0.2) is 12.2 Å². The van der Waals surface area contributed by atoms with Crippen molar-refractivity contribution in [2.24, 2.45) is 0 Å². The summed E-state index contributed by atoms with van der Waals surface area (Å²) in [6.07, 6.45) is 2.72. The lowest BCUT2D eigenvalue weighted by molar-refractivity contribution is -0.151. The summed E-state index contributed by atoms with van der Waals surface area (Å²) in [6, 6.07) is -0.678. The fraction of sp³-hybridized carbons (Fsp3) is 0.692. The summed E-state index contributed by atoms with van der Waals surface area (Å²) in [4.78, 5) is 25.1. The fourth-order valence-electron chi connectivity index (χ4n) is 1.54. The van der Waals surface area contributed by atoms with Crippen molar-refractivity contribution in [2.45, 2.75) is 52.4 Å². The molecule has 102 valence electrons. The average Bonchev–Trinajstić information content (AvgIpc) is 2.61. The number of rotatable bonds is 2. The average molecular weight is 255 g/mol. The highest BCUT2D eigenvalue weighted by molar-refractivity contribution is 5.84. The van der Waals surface area contributed by atoms with E-state index in [2.05, 4.69) is 0 Å². The van der Waals surface area contributed by atoms with E-state index in [0.29, 0.717) is 6.54 Å². The fourth-order valence-corrected chi connectivity index (χ4v) is 1.54. The molecule has 0 saturated carbocycles. The molecule has 0 bridgehead atoms.